The minimum absolute atomic E-state index is 0.00870. The maximum Gasteiger partial charge on any atom is 0.319 e. The Balaban J connectivity index is 1.54. The van der Waals surface area contributed by atoms with Gasteiger partial charge in [-0.05, 0) is 17.9 Å². The summed E-state index contributed by atoms with van der Waals surface area (Å²) >= 11 is 0. The molecule has 1 heterocycles. The first-order chi connectivity index (χ1) is 12.3. The number of hydrogen-bond acceptors (Lipinski definition) is 2. The van der Waals surface area contributed by atoms with Gasteiger partial charge in [0, 0.05) is 29.6 Å². The maximum absolute atomic E-state index is 13.2. The summed E-state index contributed by atoms with van der Waals surface area (Å²) in [6.45, 7) is 0. The highest BCUT2D eigenvalue weighted by Gasteiger charge is 2.75. The summed E-state index contributed by atoms with van der Waals surface area (Å²) in [5.41, 5.74) is 0.961. The smallest absolute Gasteiger partial charge is 0.319 e. The summed E-state index contributed by atoms with van der Waals surface area (Å²) < 4.78 is 6.13. The van der Waals surface area contributed by atoms with Crippen molar-refractivity contribution in [2.75, 3.05) is 0 Å². The lowest BCUT2D eigenvalue weighted by molar-refractivity contribution is -0.151. The van der Waals surface area contributed by atoms with Crippen LogP contribution in [-0.2, 0) is 9.53 Å². The molecule has 0 N–H and O–H groups in total. The Morgan fingerprint density at radius 1 is 0.880 bits per heavy atom. The van der Waals surface area contributed by atoms with Crippen molar-refractivity contribution in [3.63, 3.8) is 0 Å². The molecule has 0 aromatic heterocycles. The Hall–Kier alpha value is -2.35. The fourth-order valence-corrected chi connectivity index (χ4v) is 6.02. The summed E-state index contributed by atoms with van der Waals surface area (Å²) in [5.74, 6) is 2.73. The molecule has 0 aromatic rings. The van der Waals surface area contributed by atoms with Crippen molar-refractivity contribution in [3.8, 4) is 0 Å². The van der Waals surface area contributed by atoms with E-state index in [1.54, 1.807) is 0 Å². The van der Waals surface area contributed by atoms with Crippen LogP contribution in [-0.4, -0.2) is 5.97 Å². The minimum atomic E-state index is -0.411. The molecule has 1 unspecified atom stereocenters. The second-order valence-corrected chi connectivity index (χ2v) is 7.97. The molecule has 1 spiro atoms. The van der Waals surface area contributed by atoms with E-state index < -0.39 is 5.41 Å². The lowest BCUT2D eigenvalue weighted by Gasteiger charge is -2.33. The quantitative estimate of drug-likeness (QED) is 0.621. The van der Waals surface area contributed by atoms with Gasteiger partial charge in [0.1, 0.15) is 5.76 Å². The number of rotatable bonds is 0. The zero-order valence-electron chi connectivity index (χ0n) is 13.9. The van der Waals surface area contributed by atoms with Gasteiger partial charge in [-0.1, -0.05) is 72.9 Å². The summed E-state index contributed by atoms with van der Waals surface area (Å²) in [7, 11) is 0. The Bertz CT molecular complexity index is 858. The predicted molar refractivity (Wildman–Crippen MR) is 95.9 cm³/mol. The van der Waals surface area contributed by atoms with Crippen molar-refractivity contribution < 1.29 is 9.53 Å². The Labute approximate surface area is 147 Å². The molecular formula is C23H20O2. The molecule has 0 aromatic carbocycles. The van der Waals surface area contributed by atoms with Crippen LogP contribution in [0.5, 0.6) is 0 Å². The molecule has 0 radical (unpaired) electrons. The molecule has 2 nitrogen and oxygen atoms in total. The summed E-state index contributed by atoms with van der Waals surface area (Å²) in [6.07, 6.45) is 27.2. The summed E-state index contributed by atoms with van der Waals surface area (Å²) in [5, 5.41) is 0. The number of carbonyl (C=O) groups excluding carboxylic acids is 1. The minimum Gasteiger partial charge on any atom is -0.430 e. The molecule has 2 heteroatoms. The topological polar surface area (TPSA) is 26.3 Å². The van der Waals surface area contributed by atoms with Gasteiger partial charge < -0.3 is 4.74 Å². The van der Waals surface area contributed by atoms with Crippen LogP contribution < -0.4 is 0 Å². The molecule has 1 aliphatic heterocycles. The average Bonchev–Trinajstić information content (AvgIpc) is 3.32. The van der Waals surface area contributed by atoms with E-state index in [9.17, 15) is 4.79 Å². The van der Waals surface area contributed by atoms with Gasteiger partial charge in [0.25, 0.3) is 0 Å². The third kappa shape index (κ3) is 1.54. The van der Waals surface area contributed by atoms with Gasteiger partial charge in [-0.15, -0.1) is 0 Å². The average molecular weight is 328 g/mol. The van der Waals surface area contributed by atoms with Crippen molar-refractivity contribution in [2.24, 2.45) is 40.9 Å². The third-order valence-electron chi connectivity index (χ3n) is 7.10. The molecule has 1 saturated carbocycles. The van der Waals surface area contributed by atoms with E-state index in [-0.39, 0.29) is 23.7 Å². The molecule has 6 aliphatic rings. The van der Waals surface area contributed by atoms with Crippen LogP contribution in [0, 0.1) is 40.9 Å². The van der Waals surface area contributed by atoms with Crippen LogP contribution in [0.4, 0.5) is 0 Å². The zero-order valence-corrected chi connectivity index (χ0v) is 13.9. The number of allylic oxidation sites excluding steroid dienone is 14. The normalized spacial score (nSPS) is 47.3. The number of esters is 1. The molecule has 0 bridgehead atoms. The predicted octanol–water partition coefficient (Wildman–Crippen LogP) is 4.28. The van der Waals surface area contributed by atoms with E-state index in [0.29, 0.717) is 17.8 Å². The number of ether oxygens (including phenoxy) is 1. The van der Waals surface area contributed by atoms with Gasteiger partial charge in [-0.25, -0.2) is 0 Å². The first-order valence-corrected chi connectivity index (χ1v) is 9.33. The van der Waals surface area contributed by atoms with Gasteiger partial charge in [0.05, 0.1) is 5.41 Å². The lowest BCUT2D eigenvalue weighted by atomic mass is 9.74. The van der Waals surface area contributed by atoms with E-state index in [4.69, 9.17) is 4.74 Å². The standard InChI is InChI=1S/C23H20O2/c24-22-23(17-11-6-7-12-18(17)23)19-13-5-4-9-15-14-8-2-1-3-10-16(14)21(25-22)20(15)19/h1-9,11-19H,10H2/t14-,15+,16-,17-,18+,19+,23?/m0/s1. The third-order valence-corrected chi connectivity index (χ3v) is 7.10. The van der Waals surface area contributed by atoms with Crippen molar-refractivity contribution >= 4 is 5.97 Å². The molecule has 5 aliphatic carbocycles. The van der Waals surface area contributed by atoms with E-state index in [1.165, 1.54) is 5.57 Å². The highest BCUT2D eigenvalue weighted by atomic mass is 16.5. The van der Waals surface area contributed by atoms with E-state index >= 15 is 0 Å². The van der Waals surface area contributed by atoms with Gasteiger partial charge in [0.15, 0.2) is 0 Å². The Morgan fingerprint density at radius 3 is 2.44 bits per heavy atom. The van der Waals surface area contributed by atoms with Gasteiger partial charge in [-0.2, -0.15) is 0 Å². The second-order valence-electron chi connectivity index (χ2n) is 7.97. The van der Waals surface area contributed by atoms with Gasteiger partial charge in [0.2, 0.25) is 0 Å². The van der Waals surface area contributed by atoms with Crippen LogP contribution in [0.15, 0.2) is 84.2 Å². The first-order valence-electron chi connectivity index (χ1n) is 9.33. The van der Waals surface area contributed by atoms with Gasteiger partial charge >= 0.3 is 5.97 Å². The highest BCUT2D eigenvalue weighted by Crippen LogP contribution is 2.72. The fraction of sp³-hybridized carbons (Fsp3) is 0.348. The molecule has 124 valence electrons. The number of hydrogen-bond donors (Lipinski definition) is 0. The summed E-state index contributed by atoms with van der Waals surface area (Å²) in [6, 6.07) is 0. The lowest BCUT2D eigenvalue weighted by Crippen LogP contribution is -2.36. The Morgan fingerprint density at radius 2 is 1.60 bits per heavy atom. The van der Waals surface area contributed by atoms with Crippen LogP contribution in [0.2, 0.25) is 0 Å². The van der Waals surface area contributed by atoms with Gasteiger partial charge in [-0.3, -0.25) is 4.79 Å². The fourth-order valence-electron chi connectivity index (χ4n) is 6.02. The largest absolute Gasteiger partial charge is 0.430 e. The second kappa shape index (κ2) is 4.63. The Kier molecular flexibility index (Phi) is 2.57. The number of fused-ring (bicyclic) bond motifs is 7. The molecule has 25 heavy (non-hydrogen) atoms. The van der Waals surface area contributed by atoms with E-state index in [1.807, 2.05) is 0 Å². The summed E-state index contributed by atoms with van der Waals surface area (Å²) in [4.78, 5) is 13.2. The molecule has 0 saturated heterocycles. The van der Waals surface area contributed by atoms with E-state index in [2.05, 4.69) is 72.9 Å². The first kappa shape index (κ1) is 13.9. The maximum atomic E-state index is 13.2. The SMILES string of the molecule is O=C1OC2=C3[C@@H](C=CC=C[C@@H]3[C@@H]3C=CC=CC[C@H]23)C12[C@@H]1C=CC=C[C@@H]12. The van der Waals surface area contributed by atoms with Crippen molar-refractivity contribution in [1.29, 1.82) is 0 Å². The monoisotopic (exact) mass is 328 g/mol. The zero-order chi connectivity index (χ0) is 16.6. The van der Waals surface area contributed by atoms with E-state index in [0.717, 1.165) is 12.2 Å². The number of carbonyl (C=O) groups is 1. The molecule has 1 fully saturated rings. The molecule has 6 rings (SSSR count). The molecular weight excluding hydrogens is 308 g/mol. The van der Waals surface area contributed by atoms with Crippen LogP contribution in [0.1, 0.15) is 6.42 Å². The molecule has 7 atom stereocenters. The van der Waals surface area contributed by atoms with Crippen LogP contribution >= 0.6 is 0 Å². The van der Waals surface area contributed by atoms with Crippen LogP contribution in [0.3, 0.4) is 0 Å². The molecule has 0 amide bonds. The van der Waals surface area contributed by atoms with Crippen molar-refractivity contribution in [1.82, 2.24) is 0 Å². The van der Waals surface area contributed by atoms with Crippen LogP contribution in [0.25, 0.3) is 0 Å². The van der Waals surface area contributed by atoms with Crippen molar-refractivity contribution in [2.45, 2.75) is 6.42 Å². The highest BCUT2D eigenvalue weighted by molar-refractivity contribution is 5.87. The van der Waals surface area contributed by atoms with Crippen molar-refractivity contribution in [3.05, 3.63) is 84.2 Å².